The van der Waals surface area contributed by atoms with E-state index in [-0.39, 0.29) is 23.7 Å². The van der Waals surface area contributed by atoms with Crippen LogP contribution in [0.1, 0.15) is 50.9 Å². The molecule has 0 aliphatic carbocycles. The number of ether oxygens (including phenoxy) is 1. The summed E-state index contributed by atoms with van der Waals surface area (Å²) in [6, 6.07) is 10.8. The number of aryl methyl sites for hydroxylation is 1. The molecule has 1 aromatic heterocycles. The van der Waals surface area contributed by atoms with E-state index in [1.807, 2.05) is 31.2 Å². The Balaban J connectivity index is 1.73. The van der Waals surface area contributed by atoms with Crippen LogP contribution in [0.2, 0.25) is 0 Å². The maximum Gasteiger partial charge on any atom is 0.354 e. The number of amides is 1. The first-order valence-corrected chi connectivity index (χ1v) is 8.23. The summed E-state index contributed by atoms with van der Waals surface area (Å²) in [4.78, 5) is 27.1. The molecular weight excluding hydrogens is 320 g/mol. The third kappa shape index (κ3) is 4.03. The molecule has 2 aromatic rings. The van der Waals surface area contributed by atoms with Crippen molar-refractivity contribution in [3.63, 3.8) is 0 Å². The number of hydrogen-bond acceptors (Lipinski definition) is 4. The van der Waals surface area contributed by atoms with E-state index >= 15 is 0 Å². The molecule has 3 rings (SSSR count). The third-order valence-electron chi connectivity index (χ3n) is 4.29. The largest absolute Gasteiger partial charge is 0.477 e. The van der Waals surface area contributed by atoms with E-state index in [4.69, 9.17) is 9.84 Å². The minimum absolute atomic E-state index is 0.0879. The zero-order valence-electron chi connectivity index (χ0n) is 13.9. The molecule has 1 fully saturated rings. The summed E-state index contributed by atoms with van der Waals surface area (Å²) in [5, 5.41) is 11.9. The van der Waals surface area contributed by atoms with Gasteiger partial charge in [-0.3, -0.25) is 4.79 Å². The maximum atomic E-state index is 12.5. The summed E-state index contributed by atoms with van der Waals surface area (Å²) in [5.41, 5.74) is 2.45. The molecule has 0 unspecified atom stereocenters. The van der Waals surface area contributed by atoms with Crippen LogP contribution in [0.3, 0.4) is 0 Å². The number of benzene rings is 1. The fourth-order valence-electron chi connectivity index (χ4n) is 2.92. The molecule has 0 spiro atoms. The lowest BCUT2D eigenvalue weighted by Gasteiger charge is -2.32. The highest BCUT2D eigenvalue weighted by atomic mass is 16.5. The number of pyridine rings is 1. The van der Waals surface area contributed by atoms with E-state index in [0.29, 0.717) is 12.2 Å². The molecule has 130 valence electrons. The highest BCUT2D eigenvalue weighted by Crippen LogP contribution is 2.28. The van der Waals surface area contributed by atoms with Crippen LogP contribution in [-0.2, 0) is 4.74 Å². The lowest BCUT2D eigenvalue weighted by Crippen LogP contribution is -2.42. The fourth-order valence-corrected chi connectivity index (χ4v) is 2.92. The van der Waals surface area contributed by atoms with Gasteiger partial charge in [0.25, 0.3) is 5.91 Å². The van der Waals surface area contributed by atoms with Crippen LogP contribution >= 0.6 is 0 Å². The standard InChI is InChI=1S/C19H20N2O4/c1-12-4-6-13(7-5-12)17-15(3-2-10-25-17)21-18(22)14-8-9-16(19(23)24)20-11-14/h4-9,11,15,17H,2-3,10H2,1H3,(H,21,22)(H,23,24)/t15-,17-/m0/s1. The lowest BCUT2D eigenvalue weighted by molar-refractivity contribution is -0.00946. The number of carboxylic acids is 1. The quantitative estimate of drug-likeness (QED) is 0.893. The number of carboxylic acid groups (broad SMARTS) is 1. The maximum absolute atomic E-state index is 12.5. The van der Waals surface area contributed by atoms with Crippen LogP contribution in [0.4, 0.5) is 0 Å². The first-order chi connectivity index (χ1) is 12.0. The first-order valence-electron chi connectivity index (χ1n) is 8.23. The van der Waals surface area contributed by atoms with Gasteiger partial charge >= 0.3 is 5.97 Å². The SMILES string of the molecule is Cc1ccc([C@@H]2OCCC[C@@H]2NC(=O)c2ccc(C(=O)O)nc2)cc1. The van der Waals surface area contributed by atoms with Gasteiger partial charge in [0.1, 0.15) is 11.8 Å². The summed E-state index contributed by atoms with van der Waals surface area (Å²) >= 11 is 0. The zero-order chi connectivity index (χ0) is 17.8. The van der Waals surface area contributed by atoms with Crippen molar-refractivity contribution in [2.24, 2.45) is 0 Å². The number of nitrogens with one attached hydrogen (secondary N) is 1. The van der Waals surface area contributed by atoms with Crippen molar-refractivity contribution in [2.45, 2.75) is 31.9 Å². The van der Waals surface area contributed by atoms with Gasteiger partial charge in [0.15, 0.2) is 0 Å². The Kier molecular flexibility index (Phi) is 5.09. The second-order valence-corrected chi connectivity index (χ2v) is 6.16. The van der Waals surface area contributed by atoms with E-state index in [1.54, 1.807) is 0 Å². The molecular formula is C19H20N2O4. The molecule has 1 aliphatic heterocycles. The Hall–Kier alpha value is -2.73. The van der Waals surface area contributed by atoms with E-state index in [0.717, 1.165) is 18.4 Å². The topological polar surface area (TPSA) is 88.5 Å². The molecule has 2 N–H and O–H groups in total. The van der Waals surface area contributed by atoms with Crippen molar-refractivity contribution in [3.8, 4) is 0 Å². The lowest BCUT2D eigenvalue weighted by atomic mass is 9.95. The van der Waals surface area contributed by atoms with Gasteiger partial charge in [-0.15, -0.1) is 0 Å². The van der Waals surface area contributed by atoms with Crippen molar-refractivity contribution in [1.29, 1.82) is 0 Å². The number of carbonyl (C=O) groups is 2. The van der Waals surface area contributed by atoms with Crippen LogP contribution in [0.25, 0.3) is 0 Å². The number of aromatic nitrogens is 1. The highest BCUT2D eigenvalue weighted by Gasteiger charge is 2.29. The predicted molar refractivity (Wildman–Crippen MR) is 91.6 cm³/mol. The van der Waals surface area contributed by atoms with Gasteiger partial charge in [0, 0.05) is 12.8 Å². The number of rotatable bonds is 4. The van der Waals surface area contributed by atoms with Gasteiger partial charge in [0.2, 0.25) is 0 Å². The molecule has 6 nitrogen and oxygen atoms in total. The second-order valence-electron chi connectivity index (χ2n) is 6.16. The predicted octanol–water partition coefficient (Wildman–Crippen LogP) is 2.74. The van der Waals surface area contributed by atoms with E-state index in [2.05, 4.69) is 10.3 Å². The van der Waals surface area contributed by atoms with Crippen LogP contribution in [-0.4, -0.2) is 34.6 Å². The van der Waals surface area contributed by atoms with E-state index in [1.165, 1.54) is 23.9 Å². The second kappa shape index (κ2) is 7.44. The Morgan fingerprint density at radius 3 is 2.60 bits per heavy atom. The van der Waals surface area contributed by atoms with Crippen molar-refractivity contribution in [1.82, 2.24) is 10.3 Å². The van der Waals surface area contributed by atoms with Crippen molar-refractivity contribution >= 4 is 11.9 Å². The summed E-state index contributed by atoms with van der Waals surface area (Å²) < 4.78 is 5.90. The molecule has 25 heavy (non-hydrogen) atoms. The highest BCUT2D eigenvalue weighted by molar-refractivity contribution is 5.95. The Morgan fingerprint density at radius 1 is 1.20 bits per heavy atom. The van der Waals surface area contributed by atoms with Crippen molar-refractivity contribution in [3.05, 3.63) is 65.0 Å². The minimum Gasteiger partial charge on any atom is -0.477 e. The minimum atomic E-state index is -1.12. The van der Waals surface area contributed by atoms with Gasteiger partial charge in [-0.2, -0.15) is 0 Å². The number of aromatic carboxylic acids is 1. The number of nitrogens with zero attached hydrogens (tertiary/aromatic N) is 1. The molecule has 6 heteroatoms. The molecule has 1 amide bonds. The average Bonchev–Trinajstić information content (AvgIpc) is 2.63. The molecule has 1 aromatic carbocycles. The molecule has 2 atom stereocenters. The molecule has 0 bridgehead atoms. The van der Waals surface area contributed by atoms with Crippen LogP contribution in [0, 0.1) is 6.92 Å². The normalized spacial score (nSPS) is 20.0. The molecule has 1 saturated heterocycles. The summed E-state index contributed by atoms with van der Waals surface area (Å²) in [7, 11) is 0. The van der Waals surface area contributed by atoms with E-state index in [9.17, 15) is 9.59 Å². The van der Waals surface area contributed by atoms with Crippen LogP contribution < -0.4 is 5.32 Å². The molecule has 0 radical (unpaired) electrons. The number of hydrogen-bond donors (Lipinski definition) is 2. The molecule has 1 aliphatic rings. The Morgan fingerprint density at radius 2 is 1.96 bits per heavy atom. The first kappa shape index (κ1) is 17.1. The van der Waals surface area contributed by atoms with Crippen LogP contribution in [0.15, 0.2) is 42.6 Å². The fraction of sp³-hybridized carbons (Fsp3) is 0.316. The van der Waals surface area contributed by atoms with Crippen molar-refractivity contribution < 1.29 is 19.4 Å². The molecule has 0 saturated carbocycles. The average molecular weight is 340 g/mol. The summed E-state index contributed by atoms with van der Waals surface area (Å²) in [5.74, 6) is -1.40. The summed E-state index contributed by atoms with van der Waals surface area (Å²) in [6.07, 6.45) is 2.79. The van der Waals surface area contributed by atoms with Gasteiger partial charge in [-0.05, 0) is 37.5 Å². The number of carbonyl (C=O) groups excluding carboxylic acids is 1. The third-order valence-corrected chi connectivity index (χ3v) is 4.29. The van der Waals surface area contributed by atoms with Gasteiger partial charge in [0.05, 0.1) is 11.6 Å². The Labute approximate surface area is 145 Å². The Bertz CT molecular complexity index is 756. The van der Waals surface area contributed by atoms with Crippen LogP contribution in [0.5, 0.6) is 0 Å². The van der Waals surface area contributed by atoms with Gasteiger partial charge in [-0.1, -0.05) is 29.8 Å². The van der Waals surface area contributed by atoms with Crippen molar-refractivity contribution in [2.75, 3.05) is 6.61 Å². The monoisotopic (exact) mass is 340 g/mol. The zero-order valence-corrected chi connectivity index (χ0v) is 13.9. The van der Waals surface area contributed by atoms with E-state index < -0.39 is 5.97 Å². The van der Waals surface area contributed by atoms with Gasteiger partial charge < -0.3 is 15.2 Å². The summed E-state index contributed by atoms with van der Waals surface area (Å²) in [6.45, 7) is 2.69. The molecule has 2 heterocycles. The smallest absolute Gasteiger partial charge is 0.354 e. The van der Waals surface area contributed by atoms with Gasteiger partial charge in [-0.25, -0.2) is 9.78 Å².